The maximum absolute atomic E-state index is 12.6. The van der Waals surface area contributed by atoms with E-state index in [9.17, 15) is 4.79 Å². The highest BCUT2D eigenvalue weighted by atomic mass is 32.2. The van der Waals surface area contributed by atoms with Gasteiger partial charge in [0.1, 0.15) is 12.4 Å². The second kappa shape index (κ2) is 14.0. The number of carbonyl (C=O) groups is 1. The number of thioether (sulfide) groups is 1. The molecule has 10 heteroatoms. The predicted molar refractivity (Wildman–Crippen MR) is 164 cm³/mol. The number of benzene rings is 4. The number of para-hydroxylation sites is 1. The summed E-state index contributed by atoms with van der Waals surface area (Å²) in [6.07, 6.45) is 1.56. The topological polar surface area (TPSA) is 99.9 Å². The van der Waals surface area contributed by atoms with Crippen LogP contribution in [0.3, 0.4) is 0 Å². The van der Waals surface area contributed by atoms with E-state index >= 15 is 0 Å². The normalized spacial score (nSPS) is 10.9. The average Bonchev–Trinajstić information content (AvgIpc) is 3.48. The standard InChI is InChI=1S/C32H29N5O4S/c1-39-27-16-14-25(15-17-27)31-35-36-32(37(31)26-11-7-4-8-12-26)42-22-30(38)34-33-20-24-13-18-28(29(19-24)40-2)41-21-23-9-5-3-6-10-23/h3-20H,21-22H2,1-2H3,(H,34,38)/b33-20+. The molecule has 1 aromatic heterocycles. The van der Waals surface area contributed by atoms with Crippen molar-refractivity contribution in [1.82, 2.24) is 20.2 Å². The zero-order valence-electron chi connectivity index (χ0n) is 23.1. The van der Waals surface area contributed by atoms with E-state index in [0.717, 1.165) is 28.1 Å². The lowest BCUT2D eigenvalue weighted by molar-refractivity contribution is -0.118. The van der Waals surface area contributed by atoms with Gasteiger partial charge < -0.3 is 14.2 Å². The van der Waals surface area contributed by atoms with E-state index in [1.807, 2.05) is 102 Å². The Kier molecular flexibility index (Phi) is 9.48. The lowest BCUT2D eigenvalue weighted by Crippen LogP contribution is -2.20. The van der Waals surface area contributed by atoms with Gasteiger partial charge in [0, 0.05) is 11.3 Å². The monoisotopic (exact) mass is 579 g/mol. The van der Waals surface area contributed by atoms with Gasteiger partial charge in [-0.05, 0) is 65.7 Å². The van der Waals surface area contributed by atoms with Gasteiger partial charge in [0.25, 0.3) is 5.91 Å². The summed E-state index contributed by atoms with van der Waals surface area (Å²) in [7, 11) is 3.21. The fourth-order valence-corrected chi connectivity index (χ4v) is 4.80. The van der Waals surface area contributed by atoms with Crippen LogP contribution in [0.5, 0.6) is 17.2 Å². The third-order valence-corrected chi connectivity index (χ3v) is 7.08. The molecule has 0 spiro atoms. The van der Waals surface area contributed by atoms with E-state index in [1.54, 1.807) is 26.5 Å². The summed E-state index contributed by atoms with van der Waals surface area (Å²) in [5.41, 5.74) is 6.15. The summed E-state index contributed by atoms with van der Waals surface area (Å²) < 4.78 is 18.6. The molecule has 1 N–H and O–H groups in total. The largest absolute Gasteiger partial charge is 0.497 e. The highest BCUT2D eigenvalue weighted by Gasteiger charge is 2.17. The Morgan fingerprint density at radius 1 is 0.881 bits per heavy atom. The first-order valence-electron chi connectivity index (χ1n) is 13.1. The van der Waals surface area contributed by atoms with Gasteiger partial charge in [0.15, 0.2) is 22.5 Å². The molecule has 0 radical (unpaired) electrons. The predicted octanol–water partition coefficient (Wildman–Crippen LogP) is 5.77. The number of hydrogen-bond donors (Lipinski definition) is 1. The zero-order chi connectivity index (χ0) is 29.1. The summed E-state index contributed by atoms with van der Waals surface area (Å²) >= 11 is 1.27. The van der Waals surface area contributed by atoms with E-state index in [4.69, 9.17) is 14.2 Å². The Hall–Kier alpha value is -5.09. The van der Waals surface area contributed by atoms with Crippen molar-refractivity contribution in [2.24, 2.45) is 5.10 Å². The first kappa shape index (κ1) is 28.4. The highest BCUT2D eigenvalue weighted by Crippen LogP contribution is 2.30. The molecule has 4 aromatic carbocycles. The third kappa shape index (κ3) is 7.15. The van der Waals surface area contributed by atoms with Crippen LogP contribution >= 0.6 is 11.8 Å². The molecular formula is C32H29N5O4S. The molecule has 0 atom stereocenters. The second-order valence-electron chi connectivity index (χ2n) is 8.97. The SMILES string of the molecule is COc1ccc(-c2nnc(SCC(=O)N/N=C/c3ccc(OCc4ccccc4)c(OC)c3)n2-c2ccccc2)cc1. The lowest BCUT2D eigenvalue weighted by Gasteiger charge is -2.11. The first-order valence-corrected chi connectivity index (χ1v) is 14.1. The van der Waals surface area contributed by atoms with Crippen LogP contribution < -0.4 is 19.6 Å². The smallest absolute Gasteiger partial charge is 0.250 e. The van der Waals surface area contributed by atoms with Crippen LogP contribution in [0.15, 0.2) is 113 Å². The lowest BCUT2D eigenvalue weighted by atomic mass is 10.2. The van der Waals surface area contributed by atoms with E-state index < -0.39 is 0 Å². The van der Waals surface area contributed by atoms with Gasteiger partial charge in [-0.2, -0.15) is 5.10 Å². The third-order valence-electron chi connectivity index (χ3n) is 6.16. The van der Waals surface area contributed by atoms with Crippen LogP contribution in [0.25, 0.3) is 17.1 Å². The molecule has 9 nitrogen and oxygen atoms in total. The van der Waals surface area contributed by atoms with Gasteiger partial charge in [0.05, 0.1) is 26.2 Å². The van der Waals surface area contributed by atoms with Crippen molar-refractivity contribution >= 4 is 23.9 Å². The molecule has 0 aliphatic rings. The van der Waals surface area contributed by atoms with Gasteiger partial charge >= 0.3 is 0 Å². The van der Waals surface area contributed by atoms with Gasteiger partial charge in [-0.1, -0.05) is 60.3 Å². The molecule has 5 aromatic rings. The highest BCUT2D eigenvalue weighted by molar-refractivity contribution is 7.99. The number of hydrazone groups is 1. The molecule has 0 saturated carbocycles. The van der Waals surface area contributed by atoms with Crippen molar-refractivity contribution in [3.05, 3.63) is 114 Å². The van der Waals surface area contributed by atoms with E-state index in [2.05, 4.69) is 20.7 Å². The molecule has 1 heterocycles. The van der Waals surface area contributed by atoms with Crippen LogP contribution in [0.2, 0.25) is 0 Å². The van der Waals surface area contributed by atoms with E-state index in [1.165, 1.54) is 11.8 Å². The Balaban J connectivity index is 1.22. The van der Waals surface area contributed by atoms with Crippen LogP contribution in [0, 0.1) is 0 Å². The first-order chi connectivity index (χ1) is 20.6. The molecule has 0 aliphatic heterocycles. The molecule has 1 amide bonds. The summed E-state index contributed by atoms with van der Waals surface area (Å²) in [4.78, 5) is 12.6. The minimum atomic E-state index is -0.278. The van der Waals surface area contributed by atoms with Crippen molar-refractivity contribution in [3.63, 3.8) is 0 Å². The molecular weight excluding hydrogens is 550 g/mol. The maximum Gasteiger partial charge on any atom is 0.250 e. The van der Waals surface area contributed by atoms with Crippen LogP contribution in [0.1, 0.15) is 11.1 Å². The number of nitrogens with one attached hydrogen (secondary N) is 1. The van der Waals surface area contributed by atoms with Crippen LogP contribution in [-0.4, -0.2) is 46.9 Å². The fourth-order valence-electron chi connectivity index (χ4n) is 4.06. The Morgan fingerprint density at radius 3 is 2.33 bits per heavy atom. The average molecular weight is 580 g/mol. The summed E-state index contributed by atoms with van der Waals surface area (Å²) in [6.45, 7) is 0.429. The quantitative estimate of drug-likeness (QED) is 0.114. The minimum absolute atomic E-state index is 0.0977. The van der Waals surface area contributed by atoms with Gasteiger partial charge in [-0.3, -0.25) is 9.36 Å². The van der Waals surface area contributed by atoms with Gasteiger partial charge in [-0.15, -0.1) is 10.2 Å². The summed E-state index contributed by atoms with van der Waals surface area (Å²) in [5, 5.41) is 13.5. The number of hydrogen-bond acceptors (Lipinski definition) is 8. The maximum atomic E-state index is 12.6. The van der Waals surface area contributed by atoms with Crippen molar-refractivity contribution in [2.45, 2.75) is 11.8 Å². The second-order valence-corrected chi connectivity index (χ2v) is 9.91. The van der Waals surface area contributed by atoms with Crippen molar-refractivity contribution in [2.75, 3.05) is 20.0 Å². The Bertz CT molecular complexity index is 1640. The molecule has 5 rings (SSSR count). The Morgan fingerprint density at radius 2 is 1.62 bits per heavy atom. The number of methoxy groups -OCH3 is 2. The summed E-state index contributed by atoms with van der Waals surface area (Å²) in [5.74, 6) is 2.43. The number of rotatable bonds is 12. The van der Waals surface area contributed by atoms with Crippen LogP contribution in [-0.2, 0) is 11.4 Å². The van der Waals surface area contributed by atoms with Gasteiger partial charge in [-0.25, -0.2) is 5.43 Å². The molecule has 212 valence electrons. The summed E-state index contributed by atoms with van der Waals surface area (Å²) in [6, 6.07) is 32.7. The van der Waals surface area contributed by atoms with Crippen LogP contribution in [0.4, 0.5) is 0 Å². The van der Waals surface area contributed by atoms with E-state index in [0.29, 0.717) is 29.1 Å². The van der Waals surface area contributed by atoms with Crippen molar-refractivity contribution in [1.29, 1.82) is 0 Å². The molecule has 0 fully saturated rings. The molecule has 0 bridgehead atoms. The minimum Gasteiger partial charge on any atom is -0.497 e. The molecule has 0 unspecified atom stereocenters. The molecule has 42 heavy (non-hydrogen) atoms. The number of nitrogens with zero attached hydrogens (tertiary/aromatic N) is 4. The number of amides is 1. The molecule has 0 saturated heterocycles. The zero-order valence-corrected chi connectivity index (χ0v) is 24.0. The van der Waals surface area contributed by atoms with Crippen molar-refractivity contribution < 1.29 is 19.0 Å². The van der Waals surface area contributed by atoms with Gasteiger partial charge in [0.2, 0.25) is 0 Å². The molecule has 0 aliphatic carbocycles. The number of carbonyl (C=O) groups excluding carboxylic acids is 1. The van der Waals surface area contributed by atoms with E-state index in [-0.39, 0.29) is 11.7 Å². The number of ether oxygens (including phenoxy) is 3. The number of aromatic nitrogens is 3. The fraction of sp³-hybridized carbons (Fsp3) is 0.125. The van der Waals surface area contributed by atoms with Crippen molar-refractivity contribution in [3.8, 4) is 34.3 Å². The Labute approximate surface area is 248 Å².